The molecule has 0 atom stereocenters. The molecule has 0 amide bonds. The van der Waals surface area contributed by atoms with Crippen LogP contribution in [0.15, 0.2) is 16.9 Å². The second-order valence-electron chi connectivity index (χ2n) is 4.13. The first kappa shape index (κ1) is 13.9. The van der Waals surface area contributed by atoms with E-state index in [0.717, 1.165) is 0 Å². The Kier molecular flexibility index (Phi) is 3.88. The van der Waals surface area contributed by atoms with Crippen LogP contribution in [0.5, 0.6) is 11.5 Å². The molecular formula is C13H14N2O5. The molecule has 2 N–H and O–H groups in total. The molecule has 0 radical (unpaired) electrons. The first-order chi connectivity index (χ1) is 9.55. The van der Waals surface area contributed by atoms with Gasteiger partial charge >= 0.3 is 5.97 Å². The van der Waals surface area contributed by atoms with Crippen molar-refractivity contribution in [2.75, 3.05) is 14.2 Å². The van der Waals surface area contributed by atoms with E-state index in [0.29, 0.717) is 28.2 Å². The second-order valence-corrected chi connectivity index (χ2v) is 4.13. The first-order valence-electron chi connectivity index (χ1n) is 5.92. The number of methoxy groups -OCH3 is 2. The molecule has 1 aromatic carbocycles. The van der Waals surface area contributed by atoms with Crippen LogP contribution in [0.25, 0.3) is 10.9 Å². The molecule has 2 aromatic rings. The predicted molar refractivity (Wildman–Crippen MR) is 71.4 cm³/mol. The zero-order valence-corrected chi connectivity index (χ0v) is 11.1. The van der Waals surface area contributed by atoms with Crippen molar-refractivity contribution >= 4 is 16.9 Å². The Bertz CT molecular complexity index is 708. The molecule has 1 aromatic heterocycles. The van der Waals surface area contributed by atoms with Crippen molar-refractivity contribution in [1.82, 2.24) is 9.97 Å². The highest BCUT2D eigenvalue weighted by Crippen LogP contribution is 2.29. The van der Waals surface area contributed by atoms with Crippen LogP contribution < -0.4 is 15.0 Å². The van der Waals surface area contributed by atoms with Gasteiger partial charge in [0.15, 0.2) is 11.5 Å². The molecular weight excluding hydrogens is 264 g/mol. The standard InChI is InChI=1S/C13H14N2O5/c1-19-9-5-7-8(6-10(9)20-2)14-11(15-13(7)18)3-4-12(16)17/h5-6H,3-4H2,1-2H3,(H,16,17)(H,14,15,18). The number of nitrogens with zero attached hydrogens (tertiary/aromatic N) is 1. The van der Waals surface area contributed by atoms with Gasteiger partial charge in [0.25, 0.3) is 5.56 Å². The zero-order chi connectivity index (χ0) is 14.7. The lowest BCUT2D eigenvalue weighted by molar-refractivity contribution is -0.137. The summed E-state index contributed by atoms with van der Waals surface area (Å²) in [5.74, 6) is 0.282. The van der Waals surface area contributed by atoms with Gasteiger partial charge in [0, 0.05) is 12.5 Å². The molecule has 0 aliphatic carbocycles. The van der Waals surface area contributed by atoms with Crippen LogP contribution in [0, 0.1) is 0 Å². The number of nitrogens with one attached hydrogen (secondary N) is 1. The number of hydrogen-bond donors (Lipinski definition) is 2. The first-order valence-corrected chi connectivity index (χ1v) is 5.92. The van der Waals surface area contributed by atoms with Crippen LogP contribution in [-0.2, 0) is 11.2 Å². The van der Waals surface area contributed by atoms with E-state index in [2.05, 4.69) is 9.97 Å². The van der Waals surface area contributed by atoms with E-state index in [4.69, 9.17) is 14.6 Å². The molecule has 20 heavy (non-hydrogen) atoms. The average molecular weight is 278 g/mol. The highest BCUT2D eigenvalue weighted by Gasteiger charge is 2.11. The molecule has 0 aliphatic rings. The van der Waals surface area contributed by atoms with Gasteiger partial charge in [0.05, 0.1) is 31.5 Å². The van der Waals surface area contributed by atoms with E-state index in [1.165, 1.54) is 14.2 Å². The van der Waals surface area contributed by atoms with Crippen molar-refractivity contribution in [2.45, 2.75) is 12.8 Å². The molecule has 7 heteroatoms. The van der Waals surface area contributed by atoms with Crippen LogP contribution in [0.4, 0.5) is 0 Å². The molecule has 0 saturated heterocycles. The Morgan fingerprint density at radius 1 is 1.30 bits per heavy atom. The molecule has 2 rings (SSSR count). The van der Waals surface area contributed by atoms with Crippen LogP contribution in [0.3, 0.4) is 0 Å². The Morgan fingerprint density at radius 2 is 1.95 bits per heavy atom. The van der Waals surface area contributed by atoms with Gasteiger partial charge < -0.3 is 19.6 Å². The summed E-state index contributed by atoms with van der Waals surface area (Å²) < 4.78 is 10.3. The fourth-order valence-corrected chi connectivity index (χ4v) is 1.86. The number of carboxylic acids is 1. The minimum atomic E-state index is -0.944. The quantitative estimate of drug-likeness (QED) is 0.844. The molecule has 1 heterocycles. The number of hydrogen-bond acceptors (Lipinski definition) is 5. The predicted octanol–water partition coefficient (Wildman–Crippen LogP) is 0.957. The second kappa shape index (κ2) is 5.60. The average Bonchev–Trinajstić information content (AvgIpc) is 2.43. The van der Waals surface area contributed by atoms with E-state index >= 15 is 0 Å². The molecule has 0 spiro atoms. The maximum atomic E-state index is 12.0. The Hall–Kier alpha value is -2.57. The topological polar surface area (TPSA) is 102 Å². The largest absolute Gasteiger partial charge is 0.493 e. The van der Waals surface area contributed by atoms with E-state index < -0.39 is 5.97 Å². The van der Waals surface area contributed by atoms with E-state index in [9.17, 15) is 9.59 Å². The highest BCUT2D eigenvalue weighted by atomic mass is 16.5. The zero-order valence-electron chi connectivity index (χ0n) is 11.1. The fourth-order valence-electron chi connectivity index (χ4n) is 1.86. The molecule has 0 unspecified atom stereocenters. The van der Waals surface area contributed by atoms with Gasteiger partial charge in [-0.05, 0) is 6.07 Å². The monoisotopic (exact) mass is 278 g/mol. The van der Waals surface area contributed by atoms with E-state index in [1.807, 2.05) is 0 Å². The fraction of sp³-hybridized carbons (Fsp3) is 0.308. The summed E-state index contributed by atoms with van der Waals surface area (Å²) in [7, 11) is 2.97. The van der Waals surface area contributed by atoms with Crippen molar-refractivity contribution in [1.29, 1.82) is 0 Å². The molecule has 0 saturated carbocycles. The number of H-pyrrole nitrogens is 1. The minimum Gasteiger partial charge on any atom is -0.493 e. The summed E-state index contributed by atoms with van der Waals surface area (Å²) in [5, 5.41) is 9.01. The van der Waals surface area contributed by atoms with Gasteiger partial charge in [-0.25, -0.2) is 4.98 Å². The summed E-state index contributed by atoms with van der Waals surface area (Å²) in [5.41, 5.74) is 0.100. The number of aromatic amines is 1. The number of rotatable bonds is 5. The lowest BCUT2D eigenvalue weighted by Gasteiger charge is -2.09. The van der Waals surface area contributed by atoms with E-state index in [-0.39, 0.29) is 18.4 Å². The third-order valence-corrected chi connectivity index (χ3v) is 2.84. The molecule has 106 valence electrons. The van der Waals surface area contributed by atoms with Crippen molar-refractivity contribution in [2.24, 2.45) is 0 Å². The summed E-state index contributed by atoms with van der Waals surface area (Å²) in [4.78, 5) is 29.3. The Labute approximate surface area is 114 Å². The van der Waals surface area contributed by atoms with Gasteiger partial charge in [0.1, 0.15) is 5.82 Å². The highest BCUT2D eigenvalue weighted by molar-refractivity contribution is 5.81. The number of aliphatic carboxylic acids is 1. The van der Waals surface area contributed by atoms with Gasteiger partial charge in [-0.15, -0.1) is 0 Å². The van der Waals surface area contributed by atoms with Gasteiger partial charge in [0.2, 0.25) is 0 Å². The molecule has 7 nitrogen and oxygen atoms in total. The lowest BCUT2D eigenvalue weighted by Crippen LogP contribution is -2.13. The van der Waals surface area contributed by atoms with Crippen molar-refractivity contribution in [3.05, 3.63) is 28.3 Å². The molecule has 0 fully saturated rings. The summed E-state index contributed by atoms with van der Waals surface area (Å²) in [6.45, 7) is 0. The third kappa shape index (κ3) is 2.71. The van der Waals surface area contributed by atoms with Gasteiger partial charge in [-0.1, -0.05) is 0 Å². The number of ether oxygens (including phenoxy) is 2. The smallest absolute Gasteiger partial charge is 0.303 e. The van der Waals surface area contributed by atoms with Crippen LogP contribution in [0.1, 0.15) is 12.2 Å². The van der Waals surface area contributed by atoms with Gasteiger partial charge in [-0.2, -0.15) is 0 Å². The van der Waals surface area contributed by atoms with E-state index in [1.54, 1.807) is 12.1 Å². The number of benzene rings is 1. The SMILES string of the molecule is COc1cc2nc(CCC(=O)O)[nH]c(=O)c2cc1OC. The normalized spacial score (nSPS) is 10.5. The van der Waals surface area contributed by atoms with Crippen molar-refractivity contribution in [3.8, 4) is 11.5 Å². The summed E-state index contributed by atoms with van der Waals surface area (Å²) >= 11 is 0. The van der Waals surface area contributed by atoms with Crippen LogP contribution in [0.2, 0.25) is 0 Å². The number of aromatic nitrogens is 2. The summed E-state index contributed by atoms with van der Waals surface area (Å²) in [6, 6.07) is 3.13. The lowest BCUT2D eigenvalue weighted by atomic mass is 10.2. The number of carbonyl (C=O) groups is 1. The minimum absolute atomic E-state index is 0.0955. The van der Waals surface area contributed by atoms with Crippen LogP contribution >= 0.6 is 0 Å². The summed E-state index contributed by atoms with van der Waals surface area (Å²) in [6.07, 6.45) is 0.0661. The van der Waals surface area contributed by atoms with Crippen LogP contribution in [-0.4, -0.2) is 35.3 Å². The Balaban J connectivity index is 2.53. The third-order valence-electron chi connectivity index (χ3n) is 2.84. The van der Waals surface area contributed by atoms with Gasteiger partial charge in [-0.3, -0.25) is 9.59 Å². The van der Waals surface area contributed by atoms with Crippen molar-refractivity contribution < 1.29 is 19.4 Å². The Morgan fingerprint density at radius 3 is 2.55 bits per heavy atom. The maximum absolute atomic E-state index is 12.0. The number of aryl methyl sites for hydroxylation is 1. The van der Waals surface area contributed by atoms with Crippen molar-refractivity contribution in [3.63, 3.8) is 0 Å². The maximum Gasteiger partial charge on any atom is 0.303 e. The number of fused-ring (bicyclic) bond motifs is 1. The number of carboxylic acid groups (broad SMARTS) is 1. The molecule has 0 bridgehead atoms. The molecule has 0 aliphatic heterocycles.